The molecule has 1 unspecified atom stereocenters. The van der Waals surface area contributed by atoms with Gasteiger partial charge >= 0.3 is 0 Å². The fourth-order valence-electron chi connectivity index (χ4n) is 3.02. The molecule has 2 rings (SSSR count). The molecule has 0 heterocycles. The van der Waals surface area contributed by atoms with Crippen LogP contribution >= 0.6 is 0 Å². The van der Waals surface area contributed by atoms with Crippen molar-refractivity contribution in [3.05, 3.63) is 23.8 Å². The van der Waals surface area contributed by atoms with Gasteiger partial charge in [-0.3, -0.25) is 4.79 Å². The van der Waals surface area contributed by atoms with E-state index in [4.69, 9.17) is 15.2 Å². The molecule has 25 heavy (non-hydrogen) atoms. The topological polar surface area (TPSA) is 73.6 Å². The summed E-state index contributed by atoms with van der Waals surface area (Å²) in [6, 6.07) is 5.12. The Kier molecular flexibility index (Phi) is 6.33. The molecule has 0 aliphatic heterocycles. The number of nitrogens with one attached hydrogen (secondary N) is 1. The lowest BCUT2D eigenvalue weighted by molar-refractivity contribution is -0.125. The van der Waals surface area contributed by atoms with Crippen LogP contribution in [0, 0.1) is 5.41 Å². The summed E-state index contributed by atoms with van der Waals surface area (Å²) >= 11 is 0. The van der Waals surface area contributed by atoms with Crippen LogP contribution < -0.4 is 20.5 Å². The molecule has 0 radical (unpaired) electrons. The monoisotopic (exact) mass is 348 g/mol. The quantitative estimate of drug-likeness (QED) is 0.824. The van der Waals surface area contributed by atoms with E-state index < -0.39 is 6.04 Å². The molecule has 1 saturated carbocycles. The second-order valence-corrected chi connectivity index (χ2v) is 8.01. The van der Waals surface area contributed by atoms with Gasteiger partial charge in [-0.25, -0.2) is 0 Å². The van der Waals surface area contributed by atoms with Gasteiger partial charge in [0.1, 0.15) is 0 Å². The Morgan fingerprint density at radius 2 is 1.88 bits per heavy atom. The van der Waals surface area contributed by atoms with Gasteiger partial charge in [0.15, 0.2) is 11.5 Å². The lowest BCUT2D eigenvalue weighted by Gasteiger charge is -2.27. The maximum Gasteiger partial charge on any atom is 0.237 e. The molecule has 0 bridgehead atoms. The molecule has 140 valence electrons. The van der Waals surface area contributed by atoms with E-state index >= 15 is 0 Å². The van der Waals surface area contributed by atoms with Gasteiger partial charge in [-0.15, -0.1) is 0 Å². The molecule has 0 aromatic heterocycles. The Bertz CT molecular complexity index is 589. The highest BCUT2D eigenvalue weighted by Crippen LogP contribution is 2.33. The molecule has 5 nitrogen and oxygen atoms in total. The first-order valence-corrected chi connectivity index (χ1v) is 9.13. The molecule has 1 aliphatic carbocycles. The number of hydrogen-bond acceptors (Lipinski definition) is 4. The Hall–Kier alpha value is -1.75. The van der Waals surface area contributed by atoms with Crippen LogP contribution in [0.4, 0.5) is 0 Å². The maximum absolute atomic E-state index is 12.3. The van der Waals surface area contributed by atoms with Crippen molar-refractivity contribution in [1.29, 1.82) is 0 Å². The Balaban J connectivity index is 2.06. The number of hydrogen-bond donors (Lipinski definition) is 2. The molecular weight excluding hydrogens is 316 g/mol. The minimum absolute atomic E-state index is 0.148. The Morgan fingerprint density at radius 1 is 1.24 bits per heavy atom. The van der Waals surface area contributed by atoms with Crippen molar-refractivity contribution in [2.75, 3.05) is 7.11 Å². The molecule has 0 saturated heterocycles. The minimum atomic E-state index is -0.554. The highest BCUT2D eigenvalue weighted by Gasteiger charge is 2.28. The van der Waals surface area contributed by atoms with Crippen LogP contribution in [-0.4, -0.2) is 25.2 Å². The molecular formula is C20H32N2O3. The smallest absolute Gasteiger partial charge is 0.237 e. The molecule has 5 heteroatoms. The zero-order chi connectivity index (χ0) is 18.6. The fourth-order valence-corrected chi connectivity index (χ4v) is 3.02. The number of rotatable bonds is 6. The van der Waals surface area contributed by atoms with Crippen molar-refractivity contribution in [3.63, 3.8) is 0 Å². The molecule has 1 aromatic carbocycles. The maximum atomic E-state index is 12.3. The summed E-state index contributed by atoms with van der Waals surface area (Å²) in [5, 5.41) is 2.99. The van der Waals surface area contributed by atoms with Gasteiger partial charge in [-0.1, -0.05) is 26.8 Å². The van der Waals surface area contributed by atoms with Crippen LogP contribution in [0.15, 0.2) is 18.2 Å². The molecule has 0 spiro atoms. The first kappa shape index (κ1) is 19.6. The van der Waals surface area contributed by atoms with E-state index in [2.05, 4.69) is 5.32 Å². The van der Waals surface area contributed by atoms with Gasteiger partial charge in [0, 0.05) is 0 Å². The Morgan fingerprint density at radius 3 is 2.44 bits per heavy atom. The van der Waals surface area contributed by atoms with Crippen LogP contribution in [0.2, 0.25) is 0 Å². The number of ether oxygens (including phenoxy) is 2. The molecule has 1 aromatic rings. The van der Waals surface area contributed by atoms with Gasteiger partial charge < -0.3 is 20.5 Å². The number of methoxy groups -OCH3 is 1. The van der Waals surface area contributed by atoms with E-state index in [1.54, 1.807) is 7.11 Å². The summed E-state index contributed by atoms with van der Waals surface area (Å²) in [5.74, 6) is 1.32. The highest BCUT2D eigenvalue weighted by molar-refractivity contribution is 5.82. The van der Waals surface area contributed by atoms with Crippen LogP contribution in [0.1, 0.15) is 65.0 Å². The molecule has 1 aliphatic rings. The van der Waals surface area contributed by atoms with E-state index in [0.29, 0.717) is 5.75 Å². The molecule has 1 fully saturated rings. The van der Waals surface area contributed by atoms with Crippen LogP contribution in [0.25, 0.3) is 0 Å². The fraction of sp³-hybridized carbons (Fsp3) is 0.650. The predicted molar refractivity (Wildman–Crippen MR) is 99.9 cm³/mol. The lowest BCUT2D eigenvalue weighted by Crippen LogP contribution is -2.49. The van der Waals surface area contributed by atoms with Gasteiger partial charge in [0.05, 0.1) is 25.3 Å². The second kappa shape index (κ2) is 8.09. The van der Waals surface area contributed by atoms with Gasteiger partial charge in [0.25, 0.3) is 0 Å². The van der Waals surface area contributed by atoms with Crippen molar-refractivity contribution in [1.82, 2.24) is 5.32 Å². The summed E-state index contributed by atoms with van der Waals surface area (Å²) in [5.41, 5.74) is 6.72. The summed E-state index contributed by atoms with van der Waals surface area (Å²) < 4.78 is 11.6. The normalized spacial score (nSPS) is 17.8. The number of benzene rings is 1. The van der Waals surface area contributed by atoms with Crippen LogP contribution in [-0.2, 0) is 4.79 Å². The van der Waals surface area contributed by atoms with Gasteiger partial charge in [-0.05, 0) is 55.7 Å². The molecule has 1 amide bonds. The summed E-state index contributed by atoms with van der Waals surface area (Å²) in [6.07, 6.45) is 4.93. The summed E-state index contributed by atoms with van der Waals surface area (Å²) in [6.45, 7) is 7.82. The van der Waals surface area contributed by atoms with Crippen molar-refractivity contribution >= 4 is 5.91 Å². The lowest BCUT2D eigenvalue weighted by atomic mass is 9.86. The molecule has 2 atom stereocenters. The minimum Gasteiger partial charge on any atom is -0.493 e. The van der Waals surface area contributed by atoms with Gasteiger partial charge in [0.2, 0.25) is 5.91 Å². The van der Waals surface area contributed by atoms with E-state index in [0.717, 1.165) is 24.2 Å². The zero-order valence-electron chi connectivity index (χ0n) is 16.1. The largest absolute Gasteiger partial charge is 0.493 e. The third-order valence-electron chi connectivity index (χ3n) is 4.86. The summed E-state index contributed by atoms with van der Waals surface area (Å²) in [4.78, 5) is 12.3. The van der Waals surface area contributed by atoms with E-state index in [9.17, 15) is 4.79 Å². The number of nitrogens with two attached hydrogens (primary N) is 1. The van der Waals surface area contributed by atoms with Crippen LogP contribution in [0.5, 0.6) is 11.5 Å². The zero-order valence-corrected chi connectivity index (χ0v) is 16.1. The number of carbonyl (C=O) groups excluding carboxylic acids is 1. The number of amides is 1. The third-order valence-corrected chi connectivity index (χ3v) is 4.86. The molecule has 3 N–H and O–H groups in total. The number of carbonyl (C=O) groups is 1. The van der Waals surface area contributed by atoms with E-state index in [1.165, 1.54) is 12.8 Å². The van der Waals surface area contributed by atoms with Crippen molar-refractivity contribution in [2.45, 2.75) is 71.6 Å². The Labute approximate surface area is 151 Å². The second-order valence-electron chi connectivity index (χ2n) is 8.01. The van der Waals surface area contributed by atoms with Gasteiger partial charge in [-0.2, -0.15) is 0 Å². The first-order valence-electron chi connectivity index (χ1n) is 9.13. The average molecular weight is 348 g/mol. The predicted octanol–water partition coefficient (Wildman–Crippen LogP) is 3.57. The standard InChI is InChI=1S/C20H32N2O3/c1-13(22-19(23)18(21)20(2,3)4)14-10-11-16(17(12-14)24-5)25-15-8-6-7-9-15/h10-13,15,18H,6-9,21H2,1-5H3,(H,22,23)/t13?,18-/m1/s1. The van der Waals surface area contributed by atoms with Crippen molar-refractivity contribution < 1.29 is 14.3 Å². The summed E-state index contributed by atoms with van der Waals surface area (Å²) in [7, 11) is 1.64. The van der Waals surface area contributed by atoms with E-state index in [-0.39, 0.29) is 23.5 Å². The van der Waals surface area contributed by atoms with Crippen molar-refractivity contribution in [2.24, 2.45) is 11.1 Å². The highest BCUT2D eigenvalue weighted by atomic mass is 16.5. The SMILES string of the molecule is COc1cc(C(C)NC(=O)[C@@H](N)C(C)(C)C)ccc1OC1CCCC1. The van der Waals surface area contributed by atoms with E-state index in [1.807, 2.05) is 45.9 Å². The van der Waals surface area contributed by atoms with Crippen LogP contribution in [0.3, 0.4) is 0 Å². The van der Waals surface area contributed by atoms with Crippen molar-refractivity contribution in [3.8, 4) is 11.5 Å². The average Bonchev–Trinajstić information content (AvgIpc) is 3.06. The third kappa shape index (κ3) is 5.11. The first-order chi connectivity index (χ1) is 11.7.